The van der Waals surface area contributed by atoms with Gasteiger partial charge in [0.25, 0.3) is 0 Å². The van der Waals surface area contributed by atoms with Gasteiger partial charge in [-0.3, -0.25) is 0 Å². The Balaban J connectivity index is 0. The number of nitrogens with zero attached hydrogens (tertiary/aromatic N) is 1. The van der Waals surface area contributed by atoms with Crippen LogP contribution in [0.25, 0.3) is 0 Å². The van der Waals surface area contributed by atoms with Crippen molar-refractivity contribution in [3.05, 3.63) is 25.3 Å². The molecule has 0 N–H and O–H groups in total. The van der Waals surface area contributed by atoms with Crippen molar-refractivity contribution in [2.24, 2.45) is 0 Å². The lowest BCUT2D eigenvalue weighted by Gasteiger charge is -2.26. The molecule has 14 heavy (non-hydrogen) atoms. The maximum atomic E-state index is 9.75. The van der Waals surface area contributed by atoms with E-state index in [-0.39, 0.29) is 0 Å². The van der Waals surface area contributed by atoms with Crippen LogP contribution in [-0.2, 0) is 0 Å². The molecular weight excluding hydrogens is 197 g/mol. The molecule has 6 heteroatoms. The van der Waals surface area contributed by atoms with Crippen molar-refractivity contribution in [2.75, 3.05) is 27.2 Å². The summed E-state index contributed by atoms with van der Waals surface area (Å²) in [6.45, 7) is 9.37. The summed E-state index contributed by atoms with van der Waals surface area (Å²) in [5.41, 5.74) is 0. The first-order valence-corrected chi connectivity index (χ1v) is 4.03. The molecular formula is C8H16BF4N. The Morgan fingerprint density at radius 2 is 1.21 bits per heavy atom. The van der Waals surface area contributed by atoms with Crippen LogP contribution in [0, 0.1) is 0 Å². The Bertz CT molecular complexity index is 159. The van der Waals surface area contributed by atoms with Gasteiger partial charge in [-0.2, -0.15) is 0 Å². The highest BCUT2D eigenvalue weighted by Crippen LogP contribution is 2.06. The molecule has 1 nitrogen and oxygen atoms in total. The van der Waals surface area contributed by atoms with Crippen LogP contribution < -0.4 is 0 Å². The van der Waals surface area contributed by atoms with Crippen molar-refractivity contribution >= 4 is 7.25 Å². The average Bonchev–Trinajstić information content (AvgIpc) is 1.81. The van der Waals surface area contributed by atoms with Crippen LogP contribution in [-0.4, -0.2) is 38.9 Å². The second-order valence-corrected chi connectivity index (χ2v) is 3.37. The molecule has 0 amide bonds. The van der Waals surface area contributed by atoms with Gasteiger partial charge in [-0.1, -0.05) is 13.2 Å². The Morgan fingerprint density at radius 3 is 1.36 bits per heavy atom. The van der Waals surface area contributed by atoms with Gasteiger partial charge in [-0.05, 0) is 12.2 Å². The number of halogens is 4. The first-order chi connectivity index (χ1) is 6.12. The van der Waals surface area contributed by atoms with Gasteiger partial charge < -0.3 is 21.7 Å². The normalized spacial score (nSPS) is 11.3. The predicted octanol–water partition coefficient (Wildman–Crippen LogP) is 2.73. The fourth-order valence-electron chi connectivity index (χ4n) is 0.774. The number of likely N-dealkylation sites (N-methyl/N-ethyl adjacent to an activating group) is 1. The van der Waals surface area contributed by atoms with Crippen LogP contribution in [0.4, 0.5) is 17.3 Å². The van der Waals surface area contributed by atoms with Gasteiger partial charge in [-0.25, -0.2) is 0 Å². The van der Waals surface area contributed by atoms with E-state index >= 15 is 0 Å². The molecule has 0 spiro atoms. The maximum Gasteiger partial charge on any atom is 0.673 e. The van der Waals surface area contributed by atoms with Gasteiger partial charge >= 0.3 is 7.25 Å². The molecule has 0 unspecified atom stereocenters. The van der Waals surface area contributed by atoms with Gasteiger partial charge in [-0.15, -0.1) is 0 Å². The van der Waals surface area contributed by atoms with Crippen molar-refractivity contribution in [2.45, 2.75) is 0 Å². The third-order valence-electron chi connectivity index (χ3n) is 1.25. The van der Waals surface area contributed by atoms with Gasteiger partial charge in [0.05, 0.1) is 27.2 Å². The molecule has 0 aromatic heterocycles. The minimum Gasteiger partial charge on any atom is -0.418 e. The van der Waals surface area contributed by atoms with Crippen LogP contribution in [0.5, 0.6) is 0 Å². The highest BCUT2D eigenvalue weighted by atomic mass is 19.5. The van der Waals surface area contributed by atoms with Crippen molar-refractivity contribution < 1.29 is 21.7 Å². The zero-order valence-corrected chi connectivity index (χ0v) is 8.52. The molecule has 0 aromatic carbocycles. The molecule has 0 saturated carbocycles. The predicted molar refractivity (Wildman–Crippen MR) is 52.4 cm³/mol. The number of hydrogen-bond donors (Lipinski definition) is 0. The fourth-order valence-corrected chi connectivity index (χ4v) is 0.774. The van der Waals surface area contributed by atoms with Crippen LogP contribution in [0.2, 0.25) is 0 Å². The SMILES string of the molecule is C=CC[N+](C)(C)CC=C.F[B-](F)(F)F. The summed E-state index contributed by atoms with van der Waals surface area (Å²) in [7, 11) is -1.69. The summed E-state index contributed by atoms with van der Waals surface area (Å²) in [5.74, 6) is 0. The number of hydrogen-bond acceptors (Lipinski definition) is 0. The lowest BCUT2D eigenvalue weighted by molar-refractivity contribution is -0.878. The summed E-state index contributed by atoms with van der Waals surface area (Å²) in [5, 5.41) is 0. The molecule has 0 atom stereocenters. The standard InChI is InChI=1S/C8H16N.BF4/c1-5-7-9(3,4)8-6-2;2-1(3,4)5/h5-6H,1-2,7-8H2,3-4H3;/q+1;-1. The molecule has 0 heterocycles. The van der Waals surface area contributed by atoms with Gasteiger partial charge in [0.2, 0.25) is 0 Å². The average molecular weight is 213 g/mol. The lowest BCUT2D eigenvalue weighted by atomic mass is 10.3. The van der Waals surface area contributed by atoms with Gasteiger partial charge in [0.15, 0.2) is 0 Å². The molecule has 0 aliphatic heterocycles. The van der Waals surface area contributed by atoms with E-state index in [1.165, 1.54) is 0 Å². The van der Waals surface area contributed by atoms with E-state index in [4.69, 9.17) is 0 Å². The van der Waals surface area contributed by atoms with E-state index in [0.29, 0.717) is 0 Å². The Kier molecular flexibility index (Phi) is 7.45. The summed E-state index contributed by atoms with van der Waals surface area (Å²) in [6, 6.07) is 0. The van der Waals surface area contributed by atoms with E-state index in [1.54, 1.807) is 0 Å². The topological polar surface area (TPSA) is 0 Å². The zero-order valence-electron chi connectivity index (χ0n) is 8.52. The monoisotopic (exact) mass is 213 g/mol. The number of rotatable bonds is 4. The quantitative estimate of drug-likeness (QED) is 0.291. The molecule has 0 bridgehead atoms. The Labute approximate surface area is 82.4 Å². The second-order valence-electron chi connectivity index (χ2n) is 3.37. The van der Waals surface area contributed by atoms with E-state index in [1.807, 2.05) is 12.2 Å². The lowest BCUT2D eigenvalue weighted by Crippen LogP contribution is -2.39. The van der Waals surface area contributed by atoms with Crippen LogP contribution in [0.15, 0.2) is 25.3 Å². The minimum atomic E-state index is -6.00. The van der Waals surface area contributed by atoms with Crippen LogP contribution >= 0.6 is 0 Å². The van der Waals surface area contributed by atoms with Crippen molar-refractivity contribution in [1.29, 1.82) is 0 Å². The van der Waals surface area contributed by atoms with E-state index in [2.05, 4.69) is 27.3 Å². The maximum absolute atomic E-state index is 9.75. The van der Waals surface area contributed by atoms with Crippen LogP contribution in [0.3, 0.4) is 0 Å². The molecule has 0 fully saturated rings. The van der Waals surface area contributed by atoms with Gasteiger partial charge in [0, 0.05) is 0 Å². The van der Waals surface area contributed by atoms with Crippen molar-refractivity contribution in [3.8, 4) is 0 Å². The largest absolute Gasteiger partial charge is 0.673 e. The first kappa shape index (κ1) is 15.7. The fraction of sp³-hybridized carbons (Fsp3) is 0.500. The van der Waals surface area contributed by atoms with Crippen molar-refractivity contribution in [3.63, 3.8) is 0 Å². The van der Waals surface area contributed by atoms with E-state index < -0.39 is 7.25 Å². The molecule has 0 aliphatic rings. The van der Waals surface area contributed by atoms with Crippen LogP contribution in [0.1, 0.15) is 0 Å². The third-order valence-corrected chi connectivity index (χ3v) is 1.25. The smallest absolute Gasteiger partial charge is 0.418 e. The molecule has 0 rings (SSSR count). The zero-order chi connectivity index (χ0) is 11.8. The Hall–Kier alpha value is -0.775. The Morgan fingerprint density at radius 1 is 1.00 bits per heavy atom. The summed E-state index contributed by atoms with van der Waals surface area (Å²) in [4.78, 5) is 0. The molecule has 0 radical (unpaired) electrons. The summed E-state index contributed by atoms with van der Waals surface area (Å²) >= 11 is 0. The molecule has 0 saturated heterocycles. The van der Waals surface area contributed by atoms with E-state index in [9.17, 15) is 17.3 Å². The summed E-state index contributed by atoms with van der Waals surface area (Å²) < 4.78 is 40.0. The third kappa shape index (κ3) is 22.5. The van der Waals surface area contributed by atoms with Gasteiger partial charge in [0.1, 0.15) is 0 Å². The molecule has 0 aromatic rings. The molecule has 84 valence electrons. The molecule has 0 aliphatic carbocycles. The second kappa shape index (κ2) is 6.65. The first-order valence-electron chi connectivity index (χ1n) is 4.03. The highest BCUT2D eigenvalue weighted by molar-refractivity contribution is 6.50. The van der Waals surface area contributed by atoms with Crippen molar-refractivity contribution in [1.82, 2.24) is 0 Å². The van der Waals surface area contributed by atoms with E-state index in [0.717, 1.165) is 17.6 Å². The summed E-state index contributed by atoms with van der Waals surface area (Å²) in [6.07, 6.45) is 3.87. The minimum absolute atomic E-state index is 0.951. The highest BCUT2D eigenvalue weighted by Gasteiger charge is 2.20. The number of quaternary nitrogens is 1.